The van der Waals surface area contributed by atoms with E-state index < -0.39 is 0 Å². The van der Waals surface area contributed by atoms with Crippen LogP contribution >= 0.6 is 11.3 Å². The van der Waals surface area contributed by atoms with Crippen LogP contribution in [-0.2, 0) is 7.05 Å². The Morgan fingerprint density at radius 1 is 0.735 bits per heavy atom. The SMILES string of the molecule is Cc1c[n+](C)c(-c2ccccc2C)cc1-c1ccc2c(c1)sc1cc(C3CCCCC3)ccc12. The Morgan fingerprint density at radius 3 is 2.26 bits per heavy atom. The smallest absolute Gasteiger partial charge is 0.201 e. The first-order valence-electron chi connectivity index (χ1n) is 12.6. The fourth-order valence-electron chi connectivity index (χ4n) is 5.87. The summed E-state index contributed by atoms with van der Waals surface area (Å²) in [6, 6.07) is 25.3. The molecule has 0 unspecified atom stereocenters. The zero-order valence-corrected chi connectivity index (χ0v) is 21.2. The zero-order chi connectivity index (χ0) is 23.2. The molecule has 0 amide bonds. The number of hydrogen-bond donors (Lipinski definition) is 0. The van der Waals surface area contributed by atoms with E-state index in [1.165, 1.54) is 85.8 Å². The second kappa shape index (κ2) is 8.67. The fourth-order valence-corrected chi connectivity index (χ4v) is 7.07. The Hall–Kier alpha value is -2.97. The van der Waals surface area contributed by atoms with Gasteiger partial charge >= 0.3 is 0 Å². The Labute approximate surface area is 206 Å². The van der Waals surface area contributed by atoms with Crippen LogP contribution in [0.15, 0.2) is 72.9 Å². The molecule has 0 spiro atoms. The van der Waals surface area contributed by atoms with E-state index in [1.807, 2.05) is 11.3 Å². The van der Waals surface area contributed by atoms with Crippen molar-refractivity contribution >= 4 is 31.5 Å². The van der Waals surface area contributed by atoms with Gasteiger partial charge in [0.2, 0.25) is 5.69 Å². The summed E-state index contributed by atoms with van der Waals surface area (Å²) in [6.45, 7) is 4.42. The lowest BCUT2D eigenvalue weighted by atomic mass is 9.84. The molecular formula is C32H32NS+. The van der Waals surface area contributed by atoms with Crippen LogP contribution in [0, 0.1) is 13.8 Å². The van der Waals surface area contributed by atoms with E-state index >= 15 is 0 Å². The average Bonchev–Trinajstić information content (AvgIpc) is 3.22. The van der Waals surface area contributed by atoms with Crippen molar-refractivity contribution in [1.82, 2.24) is 0 Å². The lowest BCUT2D eigenvalue weighted by molar-refractivity contribution is -0.660. The predicted octanol–water partition coefficient (Wildman–Crippen LogP) is 8.88. The summed E-state index contributed by atoms with van der Waals surface area (Å²) < 4.78 is 5.08. The molecule has 5 aromatic rings. The van der Waals surface area contributed by atoms with E-state index in [4.69, 9.17) is 0 Å². The number of hydrogen-bond acceptors (Lipinski definition) is 1. The molecule has 1 fully saturated rings. The number of fused-ring (bicyclic) bond motifs is 3. The van der Waals surface area contributed by atoms with Crippen molar-refractivity contribution in [1.29, 1.82) is 0 Å². The second-order valence-corrected chi connectivity index (χ2v) is 11.2. The lowest BCUT2D eigenvalue weighted by Crippen LogP contribution is -2.31. The minimum atomic E-state index is 0.756. The van der Waals surface area contributed by atoms with Crippen LogP contribution in [0.5, 0.6) is 0 Å². The summed E-state index contributed by atoms with van der Waals surface area (Å²) in [5.74, 6) is 0.756. The number of rotatable bonds is 3. The van der Waals surface area contributed by atoms with Crippen LogP contribution in [0.4, 0.5) is 0 Å². The third kappa shape index (κ3) is 3.75. The Bertz CT molecular complexity index is 1520. The second-order valence-electron chi connectivity index (χ2n) is 10.1. The lowest BCUT2D eigenvalue weighted by Gasteiger charge is -2.21. The van der Waals surface area contributed by atoms with E-state index in [2.05, 4.69) is 98.4 Å². The number of nitrogens with zero attached hydrogens (tertiary/aromatic N) is 1. The molecule has 0 atom stereocenters. The van der Waals surface area contributed by atoms with Crippen molar-refractivity contribution in [3.8, 4) is 22.4 Å². The minimum absolute atomic E-state index is 0.756. The summed E-state index contributed by atoms with van der Waals surface area (Å²) in [5.41, 5.74) is 9.34. The van der Waals surface area contributed by atoms with Crippen molar-refractivity contribution in [3.05, 3.63) is 89.6 Å². The van der Waals surface area contributed by atoms with Crippen LogP contribution in [0.25, 0.3) is 42.6 Å². The van der Waals surface area contributed by atoms with E-state index in [9.17, 15) is 0 Å². The van der Waals surface area contributed by atoms with Gasteiger partial charge in [0, 0.05) is 37.4 Å². The average molecular weight is 463 g/mol. The van der Waals surface area contributed by atoms with Gasteiger partial charge in [-0.25, -0.2) is 4.57 Å². The summed E-state index contributed by atoms with van der Waals surface area (Å²) >= 11 is 1.96. The van der Waals surface area contributed by atoms with Crippen LogP contribution in [0.1, 0.15) is 54.7 Å². The van der Waals surface area contributed by atoms with Gasteiger partial charge in [-0.15, -0.1) is 11.3 Å². The van der Waals surface area contributed by atoms with Crippen LogP contribution < -0.4 is 4.57 Å². The first kappa shape index (κ1) is 21.6. The Kier molecular flexibility index (Phi) is 5.50. The molecule has 2 heteroatoms. The fraction of sp³-hybridized carbons (Fsp3) is 0.281. The first-order chi connectivity index (χ1) is 16.6. The van der Waals surface area contributed by atoms with Crippen molar-refractivity contribution in [2.75, 3.05) is 0 Å². The largest absolute Gasteiger partial charge is 0.213 e. The highest BCUT2D eigenvalue weighted by molar-refractivity contribution is 7.25. The molecular weight excluding hydrogens is 430 g/mol. The van der Waals surface area contributed by atoms with E-state index in [0.717, 1.165) is 5.92 Å². The maximum atomic E-state index is 2.49. The summed E-state index contributed by atoms with van der Waals surface area (Å²) in [6.07, 6.45) is 9.16. The van der Waals surface area contributed by atoms with Gasteiger partial charge in [0.25, 0.3) is 0 Å². The standard InChI is InChI=1S/C32H32NS/c1-21-9-7-8-12-26(21)30-19-29(22(2)20-33(30)3)25-14-16-28-27-15-13-24(23-10-5-4-6-11-23)17-31(27)34-32(28)18-25/h7-9,12-20,23H,4-6,10-11H2,1-3H3/q+1. The highest BCUT2D eigenvalue weighted by Gasteiger charge is 2.19. The molecule has 2 heterocycles. The summed E-state index contributed by atoms with van der Waals surface area (Å²) in [7, 11) is 2.15. The molecule has 1 aliphatic rings. The van der Waals surface area contributed by atoms with Gasteiger partial charge in [-0.05, 0) is 73.1 Å². The summed E-state index contributed by atoms with van der Waals surface area (Å²) in [4.78, 5) is 0. The molecule has 170 valence electrons. The third-order valence-electron chi connectivity index (χ3n) is 7.78. The van der Waals surface area contributed by atoms with Crippen LogP contribution in [0.2, 0.25) is 0 Å². The van der Waals surface area contributed by atoms with Gasteiger partial charge in [0.05, 0.1) is 0 Å². The Balaban J connectivity index is 1.44. The Morgan fingerprint density at radius 2 is 1.47 bits per heavy atom. The van der Waals surface area contributed by atoms with Gasteiger partial charge in [0.15, 0.2) is 6.20 Å². The topological polar surface area (TPSA) is 3.88 Å². The van der Waals surface area contributed by atoms with Crippen LogP contribution in [-0.4, -0.2) is 0 Å². The monoisotopic (exact) mass is 462 g/mol. The van der Waals surface area contributed by atoms with Crippen molar-refractivity contribution in [2.45, 2.75) is 51.9 Å². The zero-order valence-electron chi connectivity index (χ0n) is 20.4. The molecule has 34 heavy (non-hydrogen) atoms. The molecule has 0 N–H and O–H groups in total. The number of aromatic nitrogens is 1. The molecule has 0 bridgehead atoms. The number of benzene rings is 3. The molecule has 0 radical (unpaired) electrons. The van der Waals surface area contributed by atoms with Crippen molar-refractivity contribution < 1.29 is 4.57 Å². The van der Waals surface area contributed by atoms with Crippen LogP contribution in [0.3, 0.4) is 0 Å². The van der Waals surface area contributed by atoms with Gasteiger partial charge in [-0.1, -0.05) is 61.7 Å². The molecule has 0 saturated heterocycles. The number of aryl methyl sites for hydroxylation is 3. The highest BCUT2D eigenvalue weighted by Crippen LogP contribution is 2.40. The molecule has 3 aromatic carbocycles. The number of thiophene rings is 1. The maximum Gasteiger partial charge on any atom is 0.213 e. The van der Waals surface area contributed by atoms with Gasteiger partial charge in [-0.3, -0.25) is 0 Å². The minimum Gasteiger partial charge on any atom is -0.201 e. The quantitative estimate of drug-likeness (QED) is 0.236. The molecule has 1 aliphatic carbocycles. The third-order valence-corrected chi connectivity index (χ3v) is 8.89. The molecule has 0 aliphatic heterocycles. The summed E-state index contributed by atoms with van der Waals surface area (Å²) in [5, 5.41) is 2.79. The first-order valence-corrected chi connectivity index (χ1v) is 13.4. The highest BCUT2D eigenvalue weighted by atomic mass is 32.1. The normalized spacial score (nSPS) is 14.8. The van der Waals surface area contributed by atoms with Crippen molar-refractivity contribution in [2.24, 2.45) is 7.05 Å². The van der Waals surface area contributed by atoms with Gasteiger partial charge in [0.1, 0.15) is 7.05 Å². The maximum absolute atomic E-state index is 2.49. The molecule has 1 saturated carbocycles. The van der Waals surface area contributed by atoms with E-state index in [-0.39, 0.29) is 0 Å². The van der Waals surface area contributed by atoms with Gasteiger partial charge < -0.3 is 0 Å². The van der Waals surface area contributed by atoms with Gasteiger partial charge in [-0.2, -0.15) is 0 Å². The molecule has 1 nitrogen and oxygen atoms in total. The molecule has 2 aromatic heterocycles. The van der Waals surface area contributed by atoms with E-state index in [0.29, 0.717) is 0 Å². The molecule has 6 rings (SSSR count). The van der Waals surface area contributed by atoms with Crippen molar-refractivity contribution in [3.63, 3.8) is 0 Å². The predicted molar refractivity (Wildman–Crippen MR) is 147 cm³/mol. The number of pyridine rings is 1. The van der Waals surface area contributed by atoms with E-state index in [1.54, 1.807) is 5.56 Å².